The molecule has 0 amide bonds. The van der Waals surface area contributed by atoms with E-state index >= 15 is 0 Å². The van der Waals surface area contributed by atoms with Crippen molar-refractivity contribution in [3.8, 4) is 0 Å². The lowest BCUT2D eigenvalue weighted by atomic mass is 9.94. The van der Waals surface area contributed by atoms with E-state index in [2.05, 4.69) is 21.9 Å². The highest BCUT2D eigenvalue weighted by molar-refractivity contribution is 5.85. The molecule has 1 aromatic rings. The monoisotopic (exact) mass is 237 g/mol. The number of rotatable bonds is 1. The summed E-state index contributed by atoms with van der Waals surface area (Å²) in [6.07, 6.45) is 6.25. The van der Waals surface area contributed by atoms with E-state index in [4.69, 9.17) is 0 Å². The van der Waals surface area contributed by atoms with Crippen molar-refractivity contribution in [3.05, 3.63) is 18.2 Å². The predicted molar refractivity (Wildman–Crippen MR) is 62.6 cm³/mol. The molecular formula is C9H17Cl2N3. The van der Waals surface area contributed by atoms with Crippen molar-refractivity contribution in [1.29, 1.82) is 0 Å². The van der Waals surface area contributed by atoms with Crippen LogP contribution in [-0.4, -0.2) is 35.0 Å². The molecule has 1 aliphatic heterocycles. The van der Waals surface area contributed by atoms with Crippen molar-refractivity contribution in [2.24, 2.45) is 0 Å². The average molecular weight is 238 g/mol. The van der Waals surface area contributed by atoms with E-state index in [0.717, 1.165) is 0 Å². The van der Waals surface area contributed by atoms with E-state index < -0.39 is 0 Å². The van der Waals surface area contributed by atoms with Gasteiger partial charge in [-0.05, 0) is 33.0 Å². The molecule has 2 rings (SSSR count). The first kappa shape index (κ1) is 13.8. The number of aromatic nitrogens is 2. The lowest BCUT2D eigenvalue weighted by Gasteiger charge is -2.27. The van der Waals surface area contributed by atoms with Gasteiger partial charge in [0, 0.05) is 17.8 Å². The summed E-state index contributed by atoms with van der Waals surface area (Å²) in [5, 5.41) is 0. The van der Waals surface area contributed by atoms with Crippen molar-refractivity contribution < 1.29 is 0 Å². The summed E-state index contributed by atoms with van der Waals surface area (Å²) in [5.74, 6) is 0.712. The van der Waals surface area contributed by atoms with Crippen LogP contribution in [0.25, 0.3) is 0 Å². The molecule has 1 aliphatic rings. The Morgan fingerprint density at radius 2 is 2.00 bits per heavy atom. The molecule has 0 unspecified atom stereocenters. The molecule has 5 heteroatoms. The Morgan fingerprint density at radius 1 is 1.36 bits per heavy atom. The number of piperidine rings is 1. The second-order valence-electron chi connectivity index (χ2n) is 3.58. The fourth-order valence-corrected chi connectivity index (χ4v) is 1.81. The maximum Gasteiger partial charge on any atom is 0.0921 e. The minimum absolute atomic E-state index is 0. The molecule has 0 atom stereocenters. The van der Waals surface area contributed by atoms with E-state index in [0.29, 0.717) is 5.92 Å². The molecule has 0 spiro atoms. The SMILES string of the molecule is CN1CCC(c2cnc[nH]2)CC1.Cl.Cl. The van der Waals surface area contributed by atoms with Gasteiger partial charge in [0.15, 0.2) is 0 Å². The number of H-pyrrole nitrogens is 1. The Labute approximate surface area is 97.1 Å². The van der Waals surface area contributed by atoms with Gasteiger partial charge in [0.05, 0.1) is 6.33 Å². The standard InChI is InChI=1S/C9H15N3.2ClH/c1-12-4-2-8(3-5-12)9-6-10-7-11-9;;/h6-8H,2-5H2,1H3,(H,10,11);2*1H. The normalized spacial score (nSPS) is 18.4. The Morgan fingerprint density at radius 3 is 2.50 bits per heavy atom. The molecule has 2 heterocycles. The van der Waals surface area contributed by atoms with Gasteiger partial charge in [0.1, 0.15) is 0 Å². The van der Waals surface area contributed by atoms with Gasteiger partial charge in [-0.2, -0.15) is 0 Å². The van der Waals surface area contributed by atoms with E-state index in [1.807, 2.05) is 6.20 Å². The van der Waals surface area contributed by atoms with Crippen LogP contribution in [-0.2, 0) is 0 Å². The summed E-state index contributed by atoms with van der Waals surface area (Å²) in [4.78, 5) is 9.62. The molecule has 0 radical (unpaired) electrons. The van der Waals surface area contributed by atoms with Gasteiger partial charge < -0.3 is 9.88 Å². The molecule has 1 saturated heterocycles. The van der Waals surface area contributed by atoms with Crippen molar-refractivity contribution in [2.45, 2.75) is 18.8 Å². The Balaban J connectivity index is 0.000000845. The first-order chi connectivity index (χ1) is 5.86. The Bertz CT molecular complexity index is 230. The van der Waals surface area contributed by atoms with Crippen molar-refractivity contribution in [2.75, 3.05) is 20.1 Å². The van der Waals surface area contributed by atoms with E-state index in [-0.39, 0.29) is 24.8 Å². The van der Waals surface area contributed by atoms with Crippen LogP contribution in [0.15, 0.2) is 12.5 Å². The maximum absolute atomic E-state index is 4.05. The second kappa shape index (κ2) is 6.27. The first-order valence-corrected chi connectivity index (χ1v) is 4.53. The summed E-state index contributed by atoms with van der Waals surface area (Å²) in [6, 6.07) is 0. The second-order valence-corrected chi connectivity index (χ2v) is 3.58. The van der Waals surface area contributed by atoms with Gasteiger partial charge in [-0.1, -0.05) is 0 Å². The Hall–Kier alpha value is -0.250. The summed E-state index contributed by atoms with van der Waals surface area (Å²) >= 11 is 0. The Kier molecular flexibility index (Phi) is 6.16. The fraction of sp³-hybridized carbons (Fsp3) is 0.667. The smallest absolute Gasteiger partial charge is 0.0921 e. The number of halogens is 2. The quantitative estimate of drug-likeness (QED) is 0.812. The summed E-state index contributed by atoms with van der Waals surface area (Å²) < 4.78 is 0. The molecular weight excluding hydrogens is 221 g/mol. The lowest BCUT2D eigenvalue weighted by molar-refractivity contribution is 0.253. The molecule has 14 heavy (non-hydrogen) atoms. The number of nitrogens with one attached hydrogen (secondary N) is 1. The van der Waals surface area contributed by atoms with Crippen LogP contribution in [0, 0.1) is 0 Å². The topological polar surface area (TPSA) is 31.9 Å². The van der Waals surface area contributed by atoms with Gasteiger partial charge >= 0.3 is 0 Å². The molecule has 0 bridgehead atoms. The number of nitrogens with zero attached hydrogens (tertiary/aromatic N) is 2. The number of hydrogen-bond acceptors (Lipinski definition) is 2. The van der Waals surface area contributed by atoms with Crippen LogP contribution >= 0.6 is 24.8 Å². The van der Waals surface area contributed by atoms with Gasteiger partial charge in [0.25, 0.3) is 0 Å². The zero-order valence-electron chi connectivity index (χ0n) is 8.27. The van der Waals surface area contributed by atoms with Crippen molar-refractivity contribution in [1.82, 2.24) is 14.9 Å². The lowest BCUT2D eigenvalue weighted by Crippen LogP contribution is -2.29. The summed E-state index contributed by atoms with van der Waals surface area (Å²) in [7, 11) is 2.18. The number of aromatic amines is 1. The molecule has 1 fully saturated rings. The highest BCUT2D eigenvalue weighted by Crippen LogP contribution is 2.24. The molecule has 0 aliphatic carbocycles. The van der Waals surface area contributed by atoms with Gasteiger partial charge in [0.2, 0.25) is 0 Å². The van der Waals surface area contributed by atoms with Crippen LogP contribution in [0.2, 0.25) is 0 Å². The third kappa shape index (κ3) is 3.15. The third-order valence-electron chi connectivity index (χ3n) is 2.68. The van der Waals surface area contributed by atoms with E-state index in [1.165, 1.54) is 31.6 Å². The molecule has 0 saturated carbocycles. The number of imidazole rings is 1. The van der Waals surface area contributed by atoms with Gasteiger partial charge in [-0.3, -0.25) is 0 Å². The fourth-order valence-electron chi connectivity index (χ4n) is 1.81. The van der Waals surface area contributed by atoms with E-state index in [9.17, 15) is 0 Å². The largest absolute Gasteiger partial charge is 0.348 e. The zero-order valence-corrected chi connectivity index (χ0v) is 9.90. The van der Waals surface area contributed by atoms with Crippen LogP contribution in [0.1, 0.15) is 24.5 Å². The van der Waals surface area contributed by atoms with Gasteiger partial charge in [-0.25, -0.2) is 4.98 Å². The van der Waals surface area contributed by atoms with E-state index in [1.54, 1.807) is 6.33 Å². The minimum Gasteiger partial charge on any atom is -0.348 e. The zero-order chi connectivity index (χ0) is 8.39. The number of likely N-dealkylation sites (tertiary alicyclic amines) is 1. The average Bonchev–Trinajstić information content (AvgIpc) is 2.58. The highest BCUT2D eigenvalue weighted by Gasteiger charge is 2.18. The molecule has 82 valence electrons. The molecule has 1 aromatic heterocycles. The minimum atomic E-state index is 0. The summed E-state index contributed by atoms with van der Waals surface area (Å²) in [6.45, 7) is 2.42. The first-order valence-electron chi connectivity index (χ1n) is 4.53. The number of hydrogen-bond donors (Lipinski definition) is 1. The molecule has 0 aromatic carbocycles. The van der Waals surface area contributed by atoms with Crippen molar-refractivity contribution >= 4 is 24.8 Å². The van der Waals surface area contributed by atoms with Crippen LogP contribution in [0.4, 0.5) is 0 Å². The third-order valence-corrected chi connectivity index (χ3v) is 2.68. The van der Waals surface area contributed by atoms with Crippen LogP contribution in [0.5, 0.6) is 0 Å². The molecule has 1 N–H and O–H groups in total. The summed E-state index contributed by atoms with van der Waals surface area (Å²) in [5.41, 5.74) is 1.31. The van der Waals surface area contributed by atoms with Gasteiger partial charge in [-0.15, -0.1) is 24.8 Å². The predicted octanol–water partition coefficient (Wildman–Crippen LogP) is 2.06. The highest BCUT2D eigenvalue weighted by atomic mass is 35.5. The van der Waals surface area contributed by atoms with Crippen molar-refractivity contribution in [3.63, 3.8) is 0 Å². The maximum atomic E-state index is 4.05. The van der Waals surface area contributed by atoms with Crippen LogP contribution < -0.4 is 0 Å². The molecule has 3 nitrogen and oxygen atoms in total. The van der Waals surface area contributed by atoms with Crippen LogP contribution in [0.3, 0.4) is 0 Å².